The number of hydrogen-bond donors (Lipinski definition) is 1. The number of carbonyl (C=O) groups excluding carboxylic acids is 2. The zero-order valence-electron chi connectivity index (χ0n) is 17.0. The van der Waals surface area contributed by atoms with E-state index < -0.39 is 6.04 Å². The van der Waals surface area contributed by atoms with Crippen LogP contribution in [0.25, 0.3) is 20.7 Å². The maximum atomic E-state index is 13.2. The first-order valence-corrected chi connectivity index (χ1v) is 12.2. The number of hydrogen-bond acceptors (Lipinski definition) is 7. The summed E-state index contributed by atoms with van der Waals surface area (Å²) in [5, 5.41) is 7.75. The summed E-state index contributed by atoms with van der Waals surface area (Å²) in [6.45, 7) is 9.29. The van der Waals surface area contributed by atoms with Gasteiger partial charge in [-0.2, -0.15) is 0 Å². The summed E-state index contributed by atoms with van der Waals surface area (Å²) in [5.74, 6) is -0.272. The SMILES string of the molecule is C=CCn1c(SCC(=O)NC(C(C)=O)C(C)C)nc2scc(-c3cccs3)c2c1=O. The maximum absolute atomic E-state index is 13.2. The first kappa shape index (κ1) is 22.5. The molecule has 1 atom stereocenters. The third-order valence-corrected chi connectivity index (χ3v) is 7.26. The molecule has 0 aliphatic heterocycles. The Morgan fingerprint density at radius 2 is 2.13 bits per heavy atom. The average Bonchev–Trinajstić information content (AvgIpc) is 3.35. The van der Waals surface area contributed by atoms with Gasteiger partial charge in [0.05, 0.1) is 17.2 Å². The number of carbonyl (C=O) groups is 2. The Bertz CT molecular complexity index is 1130. The normalized spacial score (nSPS) is 12.3. The average molecular weight is 462 g/mol. The molecule has 3 aromatic heterocycles. The first-order chi connectivity index (χ1) is 14.3. The van der Waals surface area contributed by atoms with Crippen molar-refractivity contribution in [2.75, 3.05) is 5.75 Å². The quantitative estimate of drug-likeness (QED) is 0.294. The molecule has 3 aromatic rings. The van der Waals surface area contributed by atoms with Crippen LogP contribution >= 0.6 is 34.4 Å². The molecule has 0 aromatic carbocycles. The monoisotopic (exact) mass is 461 g/mol. The molecule has 0 aliphatic carbocycles. The van der Waals surface area contributed by atoms with Gasteiger partial charge in [-0.25, -0.2) is 4.98 Å². The highest BCUT2D eigenvalue weighted by atomic mass is 32.2. The predicted octanol–water partition coefficient (Wildman–Crippen LogP) is 4.19. The molecule has 158 valence electrons. The van der Waals surface area contributed by atoms with Crippen molar-refractivity contribution in [1.82, 2.24) is 14.9 Å². The van der Waals surface area contributed by atoms with Crippen LogP contribution in [-0.4, -0.2) is 33.0 Å². The van der Waals surface area contributed by atoms with Crippen LogP contribution in [0.3, 0.4) is 0 Å². The molecule has 0 saturated heterocycles. The molecule has 3 heterocycles. The summed E-state index contributed by atoms with van der Waals surface area (Å²) in [4.78, 5) is 43.7. The molecular formula is C21H23N3O3S3. The number of thiophene rings is 2. The number of nitrogens with one attached hydrogen (secondary N) is 1. The van der Waals surface area contributed by atoms with Gasteiger partial charge in [0.25, 0.3) is 5.56 Å². The van der Waals surface area contributed by atoms with Gasteiger partial charge in [0.2, 0.25) is 5.91 Å². The largest absolute Gasteiger partial charge is 0.345 e. The van der Waals surface area contributed by atoms with Crippen LogP contribution in [-0.2, 0) is 16.1 Å². The second kappa shape index (κ2) is 9.72. The molecule has 0 fully saturated rings. The van der Waals surface area contributed by atoms with Crippen molar-refractivity contribution < 1.29 is 9.59 Å². The van der Waals surface area contributed by atoms with Gasteiger partial charge >= 0.3 is 0 Å². The predicted molar refractivity (Wildman–Crippen MR) is 126 cm³/mol. The number of nitrogens with zero attached hydrogens (tertiary/aromatic N) is 2. The van der Waals surface area contributed by atoms with E-state index in [0.717, 1.165) is 10.4 Å². The number of thioether (sulfide) groups is 1. The maximum Gasteiger partial charge on any atom is 0.263 e. The molecule has 6 nitrogen and oxygen atoms in total. The summed E-state index contributed by atoms with van der Waals surface area (Å²) in [6.07, 6.45) is 1.64. The van der Waals surface area contributed by atoms with Crippen LogP contribution < -0.4 is 10.9 Å². The number of amides is 1. The number of allylic oxidation sites excluding steroid dienone is 1. The van der Waals surface area contributed by atoms with E-state index >= 15 is 0 Å². The lowest BCUT2D eigenvalue weighted by Crippen LogP contribution is -2.44. The highest BCUT2D eigenvalue weighted by molar-refractivity contribution is 7.99. The molecule has 0 saturated carbocycles. The van der Waals surface area contributed by atoms with Gasteiger partial charge in [-0.15, -0.1) is 29.3 Å². The van der Waals surface area contributed by atoms with Gasteiger partial charge < -0.3 is 5.32 Å². The standard InChI is InChI=1S/C21H23N3O3S3/c1-5-8-24-20(27)17-14(15-7-6-9-28-15)10-29-19(17)23-21(24)30-11-16(26)22-18(12(2)3)13(4)25/h5-7,9-10,12,18H,1,8,11H2,2-4H3,(H,22,26). The Hall–Kier alpha value is -2.23. The minimum atomic E-state index is -0.519. The molecule has 0 bridgehead atoms. The molecule has 1 amide bonds. The number of Topliss-reactive ketones (excluding diaryl/α,β-unsaturated/α-hetero) is 1. The molecular weight excluding hydrogens is 438 g/mol. The summed E-state index contributed by atoms with van der Waals surface area (Å²) >= 11 is 4.18. The van der Waals surface area contributed by atoms with Crippen LogP contribution in [0.2, 0.25) is 0 Å². The van der Waals surface area contributed by atoms with Gasteiger partial charge in [0.15, 0.2) is 10.9 Å². The lowest BCUT2D eigenvalue weighted by molar-refractivity contribution is -0.126. The Morgan fingerprint density at radius 1 is 1.37 bits per heavy atom. The van der Waals surface area contributed by atoms with E-state index in [1.54, 1.807) is 22.0 Å². The Balaban J connectivity index is 1.90. The van der Waals surface area contributed by atoms with Gasteiger partial charge in [0.1, 0.15) is 4.83 Å². The topological polar surface area (TPSA) is 81.1 Å². The fraction of sp³-hybridized carbons (Fsp3) is 0.333. The highest BCUT2D eigenvalue weighted by Crippen LogP contribution is 2.34. The zero-order chi connectivity index (χ0) is 21.8. The second-order valence-electron chi connectivity index (χ2n) is 7.09. The number of fused-ring (bicyclic) bond motifs is 1. The van der Waals surface area contributed by atoms with Crippen molar-refractivity contribution in [3.8, 4) is 10.4 Å². The van der Waals surface area contributed by atoms with Crippen molar-refractivity contribution >= 4 is 56.3 Å². The molecule has 9 heteroatoms. The van der Waals surface area contributed by atoms with Crippen LogP contribution in [0.15, 0.2) is 45.5 Å². The van der Waals surface area contributed by atoms with Crippen molar-refractivity contribution in [1.29, 1.82) is 0 Å². The molecule has 1 unspecified atom stereocenters. The zero-order valence-corrected chi connectivity index (χ0v) is 19.5. The number of rotatable bonds is 9. The molecule has 0 aliphatic rings. The minimum absolute atomic E-state index is 0.00617. The van der Waals surface area contributed by atoms with Crippen LogP contribution in [0.4, 0.5) is 0 Å². The van der Waals surface area contributed by atoms with E-state index in [-0.39, 0.29) is 28.9 Å². The van der Waals surface area contributed by atoms with E-state index in [9.17, 15) is 14.4 Å². The van der Waals surface area contributed by atoms with Crippen molar-refractivity contribution in [2.45, 2.75) is 38.5 Å². The fourth-order valence-electron chi connectivity index (χ4n) is 3.10. The Kier molecular flexibility index (Phi) is 7.27. The highest BCUT2D eigenvalue weighted by Gasteiger charge is 2.22. The van der Waals surface area contributed by atoms with Crippen molar-refractivity contribution in [3.05, 3.63) is 45.9 Å². The fourth-order valence-corrected chi connectivity index (χ4v) is 5.72. The third kappa shape index (κ3) is 4.74. The molecule has 0 radical (unpaired) electrons. The summed E-state index contributed by atoms with van der Waals surface area (Å²) in [6, 6.07) is 3.42. The summed E-state index contributed by atoms with van der Waals surface area (Å²) in [5.41, 5.74) is 0.743. The van der Waals surface area contributed by atoms with E-state index in [2.05, 4.69) is 16.9 Å². The third-order valence-electron chi connectivity index (χ3n) is 4.51. The lowest BCUT2D eigenvalue weighted by atomic mass is 10.0. The van der Waals surface area contributed by atoms with Crippen LogP contribution in [0.1, 0.15) is 20.8 Å². The molecule has 30 heavy (non-hydrogen) atoms. The van der Waals surface area contributed by atoms with Gasteiger partial charge in [-0.05, 0) is 24.3 Å². The first-order valence-electron chi connectivity index (χ1n) is 9.42. The van der Waals surface area contributed by atoms with Crippen LogP contribution in [0.5, 0.6) is 0 Å². The van der Waals surface area contributed by atoms with E-state index in [4.69, 9.17) is 0 Å². The van der Waals surface area contributed by atoms with Gasteiger partial charge in [-0.1, -0.05) is 37.8 Å². The summed E-state index contributed by atoms with van der Waals surface area (Å²) < 4.78 is 1.54. The van der Waals surface area contributed by atoms with Crippen molar-refractivity contribution in [2.24, 2.45) is 5.92 Å². The van der Waals surface area contributed by atoms with Crippen LogP contribution in [0, 0.1) is 5.92 Å². The van der Waals surface area contributed by atoms with Crippen molar-refractivity contribution in [3.63, 3.8) is 0 Å². The summed E-state index contributed by atoms with van der Waals surface area (Å²) in [7, 11) is 0. The minimum Gasteiger partial charge on any atom is -0.345 e. The van der Waals surface area contributed by atoms with Gasteiger partial charge in [0, 0.05) is 22.4 Å². The molecule has 0 spiro atoms. The van der Waals surface area contributed by atoms with Gasteiger partial charge in [-0.3, -0.25) is 19.0 Å². The number of ketones is 1. The van der Waals surface area contributed by atoms with E-state index in [1.165, 1.54) is 30.0 Å². The Labute approximate surface area is 187 Å². The smallest absolute Gasteiger partial charge is 0.263 e. The van der Waals surface area contributed by atoms with E-state index in [0.29, 0.717) is 21.9 Å². The molecule has 1 N–H and O–H groups in total. The molecule has 3 rings (SSSR count). The Morgan fingerprint density at radius 3 is 2.73 bits per heavy atom. The lowest BCUT2D eigenvalue weighted by Gasteiger charge is -2.19. The number of aromatic nitrogens is 2. The second-order valence-corrected chi connectivity index (χ2v) is 9.84. The van der Waals surface area contributed by atoms with E-state index in [1.807, 2.05) is 36.7 Å².